The van der Waals surface area contributed by atoms with E-state index in [0.717, 1.165) is 0 Å². The van der Waals surface area contributed by atoms with Gasteiger partial charge in [0.05, 0.1) is 0 Å². The van der Waals surface area contributed by atoms with Gasteiger partial charge in [-0.05, 0) is 0 Å². The fourth-order valence-corrected chi connectivity index (χ4v) is 2.34. The minimum atomic E-state index is -9.90. The Morgan fingerprint density at radius 2 is 0.333 bits per heavy atom. The van der Waals surface area contributed by atoms with Crippen LogP contribution >= 0.6 is 0 Å². The minimum absolute atomic E-state index is 0.481. The molecule has 0 aromatic carbocycles. The van der Waals surface area contributed by atoms with Crippen LogP contribution in [0, 0.1) is 0 Å². The Morgan fingerprint density at radius 3 is 0.467 bits per heavy atom. The second-order valence-corrected chi connectivity index (χ2v) is 7.88. The van der Waals surface area contributed by atoms with Crippen LogP contribution in [0.25, 0.3) is 0 Å². The molecule has 0 saturated heterocycles. The highest BCUT2D eigenvalue weighted by Gasteiger charge is 2.99. The van der Waals surface area contributed by atoms with Crippen molar-refractivity contribution >= 4 is 0 Å². The molecule has 0 aromatic rings. The highest BCUT2D eigenvalue weighted by molar-refractivity contribution is 5.16. The maximum absolute atomic E-state index is 14.2. The van der Waals surface area contributed by atoms with Gasteiger partial charge in [-0.2, -0.15) is 132 Å². The lowest BCUT2D eigenvalue weighted by Gasteiger charge is -2.47. The van der Waals surface area contributed by atoms with Crippen LogP contribution in [0.3, 0.4) is 0 Å². The summed E-state index contributed by atoms with van der Waals surface area (Å²) < 4.78 is 392. The maximum atomic E-state index is 14.2. The molecule has 0 fully saturated rings. The first-order valence-electron chi connectivity index (χ1n) is 9.08. The van der Waals surface area contributed by atoms with E-state index in [1.165, 1.54) is 0 Å². The summed E-state index contributed by atoms with van der Waals surface area (Å²) in [4.78, 5) is 0. The molecule has 0 bridgehead atoms. The van der Waals surface area contributed by atoms with Crippen LogP contribution in [0.1, 0.15) is 0 Å². The van der Waals surface area contributed by atoms with Crippen molar-refractivity contribution in [3.8, 4) is 0 Å². The van der Waals surface area contributed by atoms with Crippen molar-refractivity contribution in [3.63, 3.8) is 0 Å². The molecule has 0 spiro atoms. The Labute approximate surface area is 222 Å². The van der Waals surface area contributed by atoms with E-state index in [9.17, 15) is 132 Å². The van der Waals surface area contributed by atoms with Crippen molar-refractivity contribution in [3.05, 3.63) is 0 Å². The van der Waals surface area contributed by atoms with Crippen LogP contribution in [0.2, 0.25) is 0 Å². The highest BCUT2D eigenvalue weighted by atomic mass is 19.5. The average molecular weight is 754 g/mol. The van der Waals surface area contributed by atoms with Gasteiger partial charge >= 0.3 is 83.8 Å². The Hall–Kier alpha value is -2.14. The fraction of sp³-hybridized carbons (Fsp3) is 1.00. The molecule has 1 nitrogen and oxygen atoms in total. The van der Waals surface area contributed by atoms with E-state index in [2.05, 4.69) is 0 Å². The molecule has 0 aliphatic rings. The molecule has 45 heavy (non-hydrogen) atoms. The lowest BCUT2D eigenvalue weighted by molar-refractivity contribution is -0.544. The van der Waals surface area contributed by atoms with E-state index in [-0.39, 0.29) is 0 Å². The average Bonchev–Trinajstić information content (AvgIpc) is 2.74. The number of halogens is 30. The molecule has 0 aromatic heterocycles. The molecule has 0 amide bonds. The monoisotopic (exact) mass is 754 g/mol. The van der Waals surface area contributed by atoms with Crippen LogP contribution in [0.15, 0.2) is 0 Å². The molecule has 0 heterocycles. The van der Waals surface area contributed by atoms with E-state index in [1.807, 2.05) is 0 Å². The van der Waals surface area contributed by atoms with E-state index in [4.69, 9.17) is 0 Å². The van der Waals surface area contributed by atoms with E-state index in [1.54, 1.807) is 0 Å². The first kappa shape index (κ1) is 42.9. The summed E-state index contributed by atoms with van der Waals surface area (Å²) in [7, 11) is 0. The predicted octanol–water partition coefficient (Wildman–Crippen LogP) is 9.67. The van der Waals surface area contributed by atoms with Crippen molar-refractivity contribution < 1.29 is 136 Å². The molecular formula is C14F30O. The zero-order valence-corrected chi connectivity index (χ0v) is 18.7. The van der Waals surface area contributed by atoms with Crippen molar-refractivity contribution in [2.45, 2.75) is 83.8 Å². The summed E-state index contributed by atoms with van der Waals surface area (Å²) in [6.45, 7) is 0. The summed E-state index contributed by atoms with van der Waals surface area (Å²) in [5, 5.41) is 0. The van der Waals surface area contributed by atoms with Gasteiger partial charge in [0, 0.05) is 0 Å². The topological polar surface area (TPSA) is 9.23 Å². The lowest BCUT2D eigenvalue weighted by atomic mass is 9.90. The maximum Gasteiger partial charge on any atom is 0.460 e. The number of ether oxygens (including phenoxy) is 1. The van der Waals surface area contributed by atoms with E-state index < -0.39 is 83.8 Å². The fourth-order valence-electron chi connectivity index (χ4n) is 2.34. The quantitative estimate of drug-likeness (QED) is 0.202. The smallest absolute Gasteiger partial charge is 0.284 e. The zero-order chi connectivity index (χ0) is 37.7. The van der Waals surface area contributed by atoms with Gasteiger partial charge in [0.15, 0.2) is 0 Å². The Kier molecular flexibility index (Phi) is 9.69. The van der Waals surface area contributed by atoms with Gasteiger partial charge in [0.25, 0.3) is 0 Å². The summed E-state index contributed by atoms with van der Waals surface area (Å²) in [6.07, 6.45) is -35.2. The Morgan fingerprint density at radius 1 is 0.178 bits per heavy atom. The summed E-state index contributed by atoms with van der Waals surface area (Å²) >= 11 is 0. The van der Waals surface area contributed by atoms with Crippen LogP contribution in [0.4, 0.5) is 132 Å². The van der Waals surface area contributed by atoms with Gasteiger partial charge in [-0.1, -0.05) is 0 Å². The molecule has 272 valence electrons. The van der Waals surface area contributed by atoms with Gasteiger partial charge in [-0.25, -0.2) is 0 Å². The normalized spacial score (nSPS) is 19.3. The summed E-state index contributed by atoms with van der Waals surface area (Å²) in [6, 6.07) is 0. The van der Waals surface area contributed by atoms with Gasteiger partial charge in [0.1, 0.15) is 0 Å². The van der Waals surface area contributed by atoms with Crippen LogP contribution < -0.4 is 0 Å². The molecule has 0 N–H and O–H groups in total. The van der Waals surface area contributed by atoms with Crippen LogP contribution in [-0.4, -0.2) is 83.8 Å². The number of alkyl halides is 30. The van der Waals surface area contributed by atoms with Gasteiger partial charge < -0.3 is 0 Å². The minimum Gasteiger partial charge on any atom is -0.284 e. The third-order valence-electron chi connectivity index (χ3n) is 4.90. The van der Waals surface area contributed by atoms with Crippen molar-refractivity contribution in [2.24, 2.45) is 0 Å². The first-order valence-corrected chi connectivity index (χ1v) is 9.08. The van der Waals surface area contributed by atoms with E-state index in [0.29, 0.717) is 4.74 Å². The molecule has 2 unspecified atom stereocenters. The van der Waals surface area contributed by atoms with Gasteiger partial charge in [-0.15, -0.1) is 0 Å². The first-order chi connectivity index (χ1) is 18.7. The molecule has 0 rings (SSSR count). The molecule has 0 radical (unpaired) electrons. The molecular weight excluding hydrogens is 754 g/mol. The summed E-state index contributed by atoms with van der Waals surface area (Å²) in [5.41, 5.74) is 0. The number of rotatable bonds is 10. The third-order valence-corrected chi connectivity index (χ3v) is 4.90. The van der Waals surface area contributed by atoms with Crippen molar-refractivity contribution in [2.75, 3.05) is 0 Å². The molecule has 0 aliphatic heterocycles. The van der Waals surface area contributed by atoms with E-state index >= 15 is 0 Å². The Bertz CT molecular complexity index is 982. The predicted molar refractivity (Wildman–Crippen MR) is 72.6 cm³/mol. The molecule has 31 heteroatoms. The summed E-state index contributed by atoms with van der Waals surface area (Å²) in [5.74, 6) is -95.4. The molecule has 0 aliphatic carbocycles. The van der Waals surface area contributed by atoms with Gasteiger partial charge in [-0.3, -0.25) is 4.74 Å². The van der Waals surface area contributed by atoms with Crippen molar-refractivity contribution in [1.29, 1.82) is 0 Å². The van der Waals surface area contributed by atoms with Gasteiger partial charge in [0.2, 0.25) is 0 Å². The largest absolute Gasteiger partial charge is 0.460 e. The third kappa shape index (κ3) is 5.32. The second kappa shape index (κ2) is 10.2. The standard InChI is InChI=1S/C14F30O/c15-1(16,3(19,20)7(27,28)11(33,34)35)5(23,24)9(31,13(39,40)41)45-10(32,14(42,43)44)6(25,26)2(17,18)4(21,22)8(29,30)12(36,37)38. The number of hydrogen-bond donors (Lipinski definition) is 0. The SMILES string of the molecule is FC(F)(F)C(F)(F)C(F)(F)C(F)(F)C(F)(F)C(F)(OC(F)(C(F)(F)F)C(F)(F)C(F)(F)C(F)(F)C(F)(F)C(F)(F)F)C(F)(F)F. The van der Waals surface area contributed by atoms with Crippen LogP contribution in [-0.2, 0) is 4.74 Å². The Balaban J connectivity index is 8.02. The zero-order valence-electron chi connectivity index (χ0n) is 18.7. The molecule has 0 saturated carbocycles. The molecule has 2 atom stereocenters. The van der Waals surface area contributed by atoms with Crippen LogP contribution in [0.5, 0.6) is 0 Å². The number of hydrogen-bond acceptors (Lipinski definition) is 1. The highest BCUT2D eigenvalue weighted by Crippen LogP contribution is 2.67. The second-order valence-electron chi connectivity index (χ2n) is 7.88. The van der Waals surface area contributed by atoms with Crippen molar-refractivity contribution in [1.82, 2.24) is 0 Å². The lowest BCUT2D eigenvalue weighted by Crippen LogP contribution is -2.79.